The number of hydrogen-bond donors (Lipinski definition) is 1. The van der Waals surface area contributed by atoms with E-state index in [2.05, 4.69) is 12.2 Å². The molecular formula is C16H23F2N. The van der Waals surface area contributed by atoms with E-state index < -0.39 is 11.6 Å². The molecule has 1 aliphatic carbocycles. The molecule has 2 rings (SSSR count). The predicted molar refractivity (Wildman–Crippen MR) is 73.9 cm³/mol. The lowest BCUT2D eigenvalue weighted by Gasteiger charge is -2.25. The average Bonchev–Trinajstić information content (AvgIpc) is 2.85. The summed E-state index contributed by atoms with van der Waals surface area (Å²) in [4.78, 5) is 0. The summed E-state index contributed by atoms with van der Waals surface area (Å²) >= 11 is 0. The van der Waals surface area contributed by atoms with Crippen LogP contribution < -0.4 is 5.32 Å². The van der Waals surface area contributed by atoms with Gasteiger partial charge in [0.2, 0.25) is 0 Å². The second-order valence-electron chi connectivity index (χ2n) is 5.55. The summed E-state index contributed by atoms with van der Waals surface area (Å²) in [7, 11) is 0. The van der Waals surface area contributed by atoms with Crippen LogP contribution in [0.2, 0.25) is 0 Å². The molecule has 19 heavy (non-hydrogen) atoms. The number of halogens is 2. The molecule has 1 aromatic rings. The van der Waals surface area contributed by atoms with Gasteiger partial charge in [-0.15, -0.1) is 0 Å². The van der Waals surface area contributed by atoms with Gasteiger partial charge in [0.05, 0.1) is 0 Å². The maximum absolute atomic E-state index is 14.0. The first-order valence-corrected chi connectivity index (χ1v) is 7.34. The highest BCUT2D eigenvalue weighted by Gasteiger charge is 2.31. The second-order valence-corrected chi connectivity index (χ2v) is 5.55. The van der Waals surface area contributed by atoms with Crippen molar-refractivity contribution >= 4 is 0 Å². The van der Waals surface area contributed by atoms with E-state index in [1.165, 1.54) is 18.9 Å². The van der Waals surface area contributed by atoms with Gasteiger partial charge in [0.25, 0.3) is 0 Å². The van der Waals surface area contributed by atoms with E-state index in [-0.39, 0.29) is 6.04 Å². The van der Waals surface area contributed by atoms with Gasteiger partial charge < -0.3 is 5.32 Å². The topological polar surface area (TPSA) is 12.0 Å². The minimum Gasteiger partial charge on any atom is -0.310 e. The Morgan fingerprint density at radius 2 is 2.05 bits per heavy atom. The molecule has 0 aromatic heterocycles. The van der Waals surface area contributed by atoms with Gasteiger partial charge in [-0.05, 0) is 37.3 Å². The summed E-state index contributed by atoms with van der Waals surface area (Å²) in [5, 5.41) is 3.38. The van der Waals surface area contributed by atoms with Crippen LogP contribution >= 0.6 is 0 Å². The van der Waals surface area contributed by atoms with Crippen molar-refractivity contribution in [3.8, 4) is 0 Å². The summed E-state index contributed by atoms with van der Waals surface area (Å²) < 4.78 is 27.0. The molecule has 0 spiro atoms. The SMILES string of the molecule is CCNC(c1ccc(F)cc1F)C1CCC(CC)C1. The van der Waals surface area contributed by atoms with Gasteiger partial charge in [-0.2, -0.15) is 0 Å². The van der Waals surface area contributed by atoms with E-state index in [9.17, 15) is 8.78 Å². The first-order chi connectivity index (χ1) is 9.15. The normalized spacial score (nSPS) is 24.6. The zero-order chi connectivity index (χ0) is 13.8. The lowest BCUT2D eigenvalue weighted by molar-refractivity contribution is 0.349. The molecule has 0 heterocycles. The second kappa shape index (κ2) is 6.47. The fraction of sp³-hybridized carbons (Fsp3) is 0.625. The quantitative estimate of drug-likeness (QED) is 0.831. The molecule has 1 N–H and O–H groups in total. The molecule has 0 saturated heterocycles. The monoisotopic (exact) mass is 267 g/mol. The highest BCUT2D eigenvalue weighted by Crippen LogP contribution is 2.40. The predicted octanol–water partition coefficient (Wildman–Crippen LogP) is 4.44. The molecule has 1 nitrogen and oxygen atoms in total. The maximum Gasteiger partial charge on any atom is 0.130 e. The highest BCUT2D eigenvalue weighted by atomic mass is 19.1. The molecule has 106 valence electrons. The number of rotatable bonds is 5. The fourth-order valence-corrected chi connectivity index (χ4v) is 3.29. The molecule has 1 aliphatic rings. The highest BCUT2D eigenvalue weighted by molar-refractivity contribution is 5.23. The van der Waals surface area contributed by atoms with E-state index in [1.807, 2.05) is 6.92 Å². The van der Waals surface area contributed by atoms with Crippen molar-refractivity contribution in [2.24, 2.45) is 11.8 Å². The smallest absolute Gasteiger partial charge is 0.130 e. The molecular weight excluding hydrogens is 244 g/mol. The van der Waals surface area contributed by atoms with Crippen LogP contribution in [-0.4, -0.2) is 6.54 Å². The van der Waals surface area contributed by atoms with Crippen LogP contribution in [0, 0.1) is 23.5 Å². The molecule has 0 aliphatic heterocycles. The summed E-state index contributed by atoms with van der Waals surface area (Å²) in [6, 6.07) is 3.96. The van der Waals surface area contributed by atoms with Crippen molar-refractivity contribution in [3.63, 3.8) is 0 Å². The average molecular weight is 267 g/mol. The maximum atomic E-state index is 14.0. The summed E-state index contributed by atoms with van der Waals surface area (Å²) in [5.41, 5.74) is 0.616. The van der Waals surface area contributed by atoms with Gasteiger partial charge in [0, 0.05) is 17.7 Å². The van der Waals surface area contributed by atoms with Crippen LogP contribution in [0.5, 0.6) is 0 Å². The molecule has 3 unspecified atom stereocenters. The van der Waals surface area contributed by atoms with Crippen molar-refractivity contribution in [3.05, 3.63) is 35.4 Å². The lowest BCUT2D eigenvalue weighted by Crippen LogP contribution is -2.28. The summed E-state index contributed by atoms with van der Waals surface area (Å²) in [5.74, 6) is 0.291. The van der Waals surface area contributed by atoms with Crippen LogP contribution in [0.1, 0.15) is 51.1 Å². The Balaban J connectivity index is 2.20. The van der Waals surface area contributed by atoms with Gasteiger partial charge in [0.15, 0.2) is 0 Å². The molecule has 3 heteroatoms. The van der Waals surface area contributed by atoms with Gasteiger partial charge in [-0.1, -0.05) is 32.8 Å². The molecule has 0 amide bonds. The third-order valence-electron chi connectivity index (χ3n) is 4.35. The Morgan fingerprint density at radius 3 is 2.63 bits per heavy atom. The van der Waals surface area contributed by atoms with E-state index >= 15 is 0 Å². The molecule has 1 aromatic carbocycles. The first-order valence-electron chi connectivity index (χ1n) is 7.34. The van der Waals surface area contributed by atoms with Crippen molar-refractivity contribution < 1.29 is 8.78 Å². The number of hydrogen-bond acceptors (Lipinski definition) is 1. The molecule has 3 atom stereocenters. The van der Waals surface area contributed by atoms with Gasteiger partial charge in [-0.25, -0.2) is 8.78 Å². The zero-order valence-corrected chi connectivity index (χ0v) is 11.8. The molecule has 0 radical (unpaired) electrons. The van der Waals surface area contributed by atoms with Crippen molar-refractivity contribution in [2.45, 2.75) is 45.6 Å². The third-order valence-corrected chi connectivity index (χ3v) is 4.35. The first kappa shape index (κ1) is 14.4. The van der Waals surface area contributed by atoms with Crippen LogP contribution in [0.25, 0.3) is 0 Å². The van der Waals surface area contributed by atoms with Crippen molar-refractivity contribution in [1.29, 1.82) is 0 Å². The number of nitrogens with one attached hydrogen (secondary N) is 1. The van der Waals surface area contributed by atoms with Crippen LogP contribution in [0.4, 0.5) is 8.78 Å². The Hall–Kier alpha value is -0.960. The Labute approximate surface area is 114 Å². The van der Waals surface area contributed by atoms with Gasteiger partial charge >= 0.3 is 0 Å². The Bertz CT molecular complexity index is 419. The molecule has 1 saturated carbocycles. The lowest BCUT2D eigenvalue weighted by atomic mass is 9.90. The zero-order valence-electron chi connectivity index (χ0n) is 11.8. The molecule has 1 fully saturated rings. The van der Waals surface area contributed by atoms with Crippen LogP contribution in [-0.2, 0) is 0 Å². The van der Waals surface area contributed by atoms with Crippen LogP contribution in [0.3, 0.4) is 0 Å². The van der Waals surface area contributed by atoms with E-state index in [1.54, 1.807) is 6.07 Å². The van der Waals surface area contributed by atoms with E-state index in [0.717, 1.165) is 31.4 Å². The largest absolute Gasteiger partial charge is 0.310 e. The molecule has 0 bridgehead atoms. The summed E-state index contributed by atoms with van der Waals surface area (Å²) in [6.45, 7) is 5.04. The van der Waals surface area contributed by atoms with E-state index in [0.29, 0.717) is 11.5 Å². The fourth-order valence-electron chi connectivity index (χ4n) is 3.29. The van der Waals surface area contributed by atoms with Gasteiger partial charge in [0.1, 0.15) is 11.6 Å². The van der Waals surface area contributed by atoms with Gasteiger partial charge in [-0.3, -0.25) is 0 Å². The number of benzene rings is 1. The van der Waals surface area contributed by atoms with E-state index in [4.69, 9.17) is 0 Å². The van der Waals surface area contributed by atoms with Crippen molar-refractivity contribution in [2.75, 3.05) is 6.54 Å². The summed E-state index contributed by atoms with van der Waals surface area (Å²) in [6.07, 6.45) is 4.70. The Kier molecular flexibility index (Phi) is 4.92. The minimum atomic E-state index is -0.505. The standard InChI is InChI=1S/C16H23F2N/c1-3-11-5-6-12(9-11)16(19-4-2)14-8-7-13(17)10-15(14)18/h7-8,10-12,16,19H,3-6,9H2,1-2H3. The van der Waals surface area contributed by atoms with Crippen molar-refractivity contribution in [1.82, 2.24) is 5.32 Å². The Morgan fingerprint density at radius 1 is 1.26 bits per heavy atom. The van der Waals surface area contributed by atoms with Crippen LogP contribution in [0.15, 0.2) is 18.2 Å². The third kappa shape index (κ3) is 3.33. The minimum absolute atomic E-state index is 0.0159.